The first-order valence-electron chi connectivity index (χ1n) is 6.53. The zero-order valence-corrected chi connectivity index (χ0v) is 12.0. The van der Waals surface area contributed by atoms with Crippen LogP contribution in [0, 0.1) is 0 Å². The van der Waals surface area contributed by atoms with Crippen molar-refractivity contribution in [2.24, 2.45) is 0 Å². The molecule has 0 unspecified atom stereocenters. The summed E-state index contributed by atoms with van der Waals surface area (Å²) in [5.74, 6) is 2.54. The average molecular weight is 277 g/mol. The number of aromatic nitrogens is 2. The number of nitrogens with zero attached hydrogens (tertiary/aromatic N) is 2. The molecule has 0 bridgehead atoms. The lowest BCUT2D eigenvalue weighted by Gasteiger charge is -2.05. The maximum atomic E-state index is 5.23. The molecule has 0 radical (unpaired) electrons. The van der Waals surface area contributed by atoms with Crippen molar-refractivity contribution in [1.29, 1.82) is 0 Å². The molecule has 6 nitrogen and oxygen atoms in total. The molecule has 6 heteroatoms. The quantitative estimate of drug-likeness (QED) is 0.780. The fourth-order valence-electron chi connectivity index (χ4n) is 1.78. The normalized spacial score (nSPS) is 10.6. The molecule has 0 saturated heterocycles. The Hall–Kier alpha value is -2.08. The fraction of sp³-hybridized carbons (Fsp3) is 0.429. The number of hydrogen-bond donors (Lipinski definition) is 1. The minimum absolute atomic E-state index is 0.536. The SMILES string of the molecule is CCNCCc1nc(-c2cc(OC)cc(OC)c2)no1. The van der Waals surface area contributed by atoms with Gasteiger partial charge in [0.05, 0.1) is 14.2 Å². The smallest absolute Gasteiger partial charge is 0.228 e. The third-order valence-electron chi connectivity index (χ3n) is 2.84. The number of rotatable bonds is 7. The highest BCUT2D eigenvalue weighted by molar-refractivity contribution is 5.60. The summed E-state index contributed by atoms with van der Waals surface area (Å²) >= 11 is 0. The van der Waals surface area contributed by atoms with Gasteiger partial charge in [-0.25, -0.2) is 0 Å². The topological polar surface area (TPSA) is 69.4 Å². The molecular formula is C14H19N3O3. The first-order chi connectivity index (χ1) is 9.76. The molecule has 108 valence electrons. The summed E-state index contributed by atoms with van der Waals surface area (Å²) < 4.78 is 15.7. The van der Waals surface area contributed by atoms with E-state index in [-0.39, 0.29) is 0 Å². The molecule has 1 aromatic heterocycles. The molecule has 1 N–H and O–H groups in total. The maximum absolute atomic E-state index is 5.23. The van der Waals surface area contributed by atoms with Gasteiger partial charge in [-0.2, -0.15) is 4.98 Å². The van der Waals surface area contributed by atoms with E-state index >= 15 is 0 Å². The molecule has 0 amide bonds. The lowest BCUT2D eigenvalue weighted by atomic mass is 10.2. The molecule has 2 rings (SSSR count). The van der Waals surface area contributed by atoms with Crippen molar-refractivity contribution in [3.05, 3.63) is 24.1 Å². The molecule has 0 spiro atoms. The highest BCUT2D eigenvalue weighted by atomic mass is 16.5. The first kappa shape index (κ1) is 14.3. The fourth-order valence-corrected chi connectivity index (χ4v) is 1.78. The number of ether oxygens (including phenoxy) is 2. The molecule has 0 aliphatic heterocycles. The summed E-state index contributed by atoms with van der Waals surface area (Å²) in [6, 6.07) is 5.50. The van der Waals surface area contributed by atoms with Crippen molar-refractivity contribution in [1.82, 2.24) is 15.5 Å². The second-order valence-corrected chi connectivity index (χ2v) is 4.22. The summed E-state index contributed by atoms with van der Waals surface area (Å²) in [5, 5.41) is 7.21. The van der Waals surface area contributed by atoms with Crippen LogP contribution in [0.4, 0.5) is 0 Å². The van der Waals surface area contributed by atoms with Gasteiger partial charge >= 0.3 is 0 Å². The Morgan fingerprint density at radius 3 is 2.45 bits per heavy atom. The summed E-state index contributed by atoms with van der Waals surface area (Å²) in [6.07, 6.45) is 0.710. The lowest BCUT2D eigenvalue weighted by molar-refractivity contribution is 0.376. The van der Waals surface area contributed by atoms with Crippen LogP contribution in [0.5, 0.6) is 11.5 Å². The maximum Gasteiger partial charge on any atom is 0.228 e. The van der Waals surface area contributed by atoms with Gasteiger partial charge in [-0.05, 0) is 18.7 Å². The predicted octanol–water partition coefficient (Wildman–Crippen LogP) is 1.91. The van der Waals surface area contributed by atoms with E-state index in [4.69, 9.17) is 14.0 Å². The predicted molar refractivity (Wildman–Crippen MR) is 75.1 cm³/mol. The Balaban J connectivity index is 2.18. The standard InChI is InChI=1S/C14H19N3O3/c1-4-15-6-5-13-16-14(17-20-13)10-7-11(18-2)9-12(8-10)19-3/h7-9,15H,4-6H2,1-3H3. The van der Waals surface area contributed by atoms with E-state index in [9.17, 15) is 0 Å². The summed E-state index contributed by atoms with van der Waals surface area (Å²) in [4.78, 5) is 4.37. The van der Waals surface area contributed by atoms with Crippen molar-refractivity contribution < 1.29 is 14.0 Å². The number of benzene rings is 1. The molecule has 0 aliphatic rings. The van der Waals surface area contributed by atoms with Gasteiger partial charge in [-0.3, -0.25) is 0 Å². The Kier molecular flexibility index (Phi) is 4.95. The van der Waals surface area contributed by atoms with E-state index < -0.39 is 0 Å². The van der Waals surface area contributed by atoms with Gasteiger partial charge in [0.2, 0.25) is 11.7 Å². The minimum Gasteiger partial charge on any atom is -0.497 e. The second-order valence-electron chi connectivity index (χ2n) is 4.22. The van der Waals surface area contributed by atoms with E-state index in [0.717, 1.165) is 18.7 Å². The van der Waals surface area contributed by atoms with Gasteiger partial charge in [-0.15, -0.1) is 0 Å². The Morgan fingerprint density at radius 1 is 1.15 bits per heavy atom. The van der Waals surface area contributed by atoms with Crippen LogP contribution in [0.3, 0.4) is 0 Å². The molecule has 20 heavy (non-hydrogen) atoms. The number of likely N-dealkylation sites (N-methyl/N-ethyl adjacent to an activating group) is 1. The largest absolute Gasteiger partial charge is 0.497 e. The van der Waals surface area contributed by atoms with E-state index in [0.29, 0.717) is 29.6 Å². The Bertz CT molecular complexity index is 532. The third-order valence-corrected chi connectivity index (χ3v) is 2.84. The van der Waals surface area contributed by atoms with Gasteiger partial charge in [0.25, 0.3) is 0 Å². The second kappa shape index (κ2) is 6.91. The molecule has 0 fully saturated rings. The molecule has 1 aromatic carbocycles. The van der Waals surface area contributed by atoms with Crippen LogP contribution >= 0.6 is 0 Å². The molecule has 2 aromatic rings. The zero-order chi connectivity index (χ0) is 14.4. The Labute approximate surface area is 118 Å². The number of hydrogen-bond acceptors (Lipinski definition) is 6. The van der Waals surface area contributed by atoms with Crippen molar-refractivity contribution in [3.8, 4) is 22.9 Å². The number of methoxy groups -OCH3 is 2. The third kappa shape index (κ3) is 3.48. The molecule has 0 saturated carbocycles. The van der Waals surface area contributed by atoms with Gasteiger partial charge in [0, 0.05) is 24.6 Å². The number of nitrogens with one attached hydrogen (secondary N) is 1. The van der Waals surface area contributed by atoms with Crippen LogP contribution in [0.2, 0.25) is 0 Å². The Morgan fingerprint density at radius 2 is 1.85 bits per heavy atom. The summed E-state index contributed by atoms with van der Waals surface area (Å²) in [6.45, 7) is 3.80. The van der Waals surface area contributed by atoms with E-state index in [2.05, 4.69) is 22.4 Å². The average Bonchev–Trinajstić information content (AvgIpc) is 2.96. The highest BCUT2D eigenvalue weighted by Crippen LogP contribution is 2.28. The van der Waals surface area contributed by atoms with Crippen LogP contribution in [0.15, 0.2) is 22.7 Å². The van der Waals surface area contributed by atoms with E-state index in [1.165, 1.54) is 0 Å². The van der Waals surface area contributed by atoms with Gasteiger partial charge in [0.1, 0.15) is 11.5 Å². The van der Waals surface area contributed by atoms with Gasteiger partial charge in [0.15, 0.2) is 0 Å². The van der Waals surface area contributed by atoms with Gasteiger partial charge in [-0.1, -0.05) is 12.1 Å². The molecule has 0 aliphatic carbocycles. The van der Waals surface area contributed by atoms with E-state index in [1.807, 2.05) is 12.1 Å². The first-order valence-corrected chi connectivity index (χ1v) is 6.53. The summed E-state index contributed by atoms with van der Waals surface area (Å²) in [5.41, 5.74) is 0.805. The van der Waals surface area contributed by atoms with Gasteiger partial charge < -0.3 is 19.3 Å². The van der Waals surface area contributed by atoms with Crippen LogP contribution in [0.25, 0.3) is 11.4 Å². The van der Waals surface area contributed by atoms with Crippen LogP contribution < -0.4 is 14.8 Å². The van der Waals surface area contributed by atoms with Crippen LogP contribution in [-0.2, 0) is 6.42 Å². The van der Waals surface area contributed by atoms with Crippen molar-refractivity contribution in [2.75, 3.05) is 27.3 Å². The van der Waals surface area contributed by atoms with Crippen molar-refractivity contribution in [3.63, 3.8) is 0 Å². The van der Waals surface area contributed by atoms with E-state index in [1.54, 1.807) is 20.3 Å². The summed E-state index contributed by atoms with van der Waals surface area (Å²) in [7, 11) is 3.22. The van der Waals surface area contributed by atoms with Crippen molar-refractivity contribution in [2.45, 2.75) is 13.3 Å². The molecular weight excluding hydrogens is 258 g/mol. The minimum atomic E-state index is 0.536. The van der Waals surface area contributed by atoms with Crippen LogP contribution in [-0.4, -0.2) is 37.4 Å². The lowest BCUT2D eigenvalue weighted by Crippen LogP contribution is -2.16. The molecule has 0 atom stereocenters. The monoisotopic (exact) mass is 277 g/mol. The zero-order valence-electron chi connectivity index (χ0n) is 12.0. The highest BCUT2D eigenvalue weighted by Gasteiger charge is 2.11. The van der Waals surface area contributed by atoms with Crippen LogP contribution in [0.1, 0.15) is 12.8 Å². The van der Waals surface area contributed by atoms with Crippen molar-refractivity contribution >= 4 is 0 Å². The molecule has 1 heterocycles.